The van der Waals surface area contributed by atoms with Gasteiger partial charge in [0.25, 0.3) is 0 Å². The summed E-state index contributed by atoms with van der Waals surface area (Å²) in [5.74, 6) is 0.789. The summed E-state index contributed by atoms with van der Waals surface area (Å²) in [5.41, 5.74) is 6.34. The molecule has 0 aromatic carbocycles. The van der Waals surface area contributed by atoms with Crippen molar-refractivity contribution in [3.8, 4) is 5.75 Å². The number of nitrogens with zero attached hydrogens (tertiary/aromatic N) is 2. The predicted octanol–water partition coefficient (Wildman–Crippen LogP) is 1.75. The molecule has 1 rings (SSSR count). The molecular formula is C10H20Cl3N3O. The molecule has 1 aromatic heterocycles. The van der Waals surface area contributed by atoms with Gasteiger partial charge in [-0.3, -0.25) is 4.98 Å². The molecule has 0 atom stereocenters. The molecule has 0 spiro atoms. The van der Waals surface area contributed by atoms with Crippen LogP contribution in [0.15, 0.2) is 18.3 Å². The van der Waals surface area contributed by atoms with Crippen molar-refractivity contribution in [3.63, 3.8) is 0 Å². The maximum absolute atomic E-state index is 5.55. The molecule has 0 bridgehead atoms. The van der Waals surface area contributed by atoms with E-state index >= 15 is 0 Å². The highest BCUT2D eigenvalue weighted by Gasteiger charge is 2.01. The minimum absolute atomic E-state index is 0. The zero-order valence-corrected chi connectivity index (χ0v) is 12.4. The Kier molecular flexibility index (Phi) is 15.8. The van der Waals surface area contributed by atoms with Gasteiger partial charge < -0.3 is 15.4 Å². The smallest absolute Gasteiger partial charge is 0.142 e. The van der Waals surface area contributed by atoms with Gasteiger partial charge in [-0.1, -0.05) is 0 Å². The van der Waals surface area contributed by atoms with Crippen LogP contribution in [-0.2, 0) is 6.54 Å². The summed E-state index contributed by atoms with van der Waals surface area (Å²) in [4.78, 5) is 6.20. The molecule has 17 heavy (non-hydrogen) atoms. The predicted molar refractivity (Wildman–Crippen MR) is 77.9 cm³/mol. The van der Waals surface area contributed by atoms with E-state index in [0.29, 0.717) is 13.2 Å². The second-order valence-corrected chi connectivity index (χ2v) is 3.30. The molecule has 0 amide bonds. The monoisotopic (exact) mass is 303 g/mol. The highest BCUT2D eigenvalue weighted by Crippen LogP contribution is 2.13. The minimum atomic E-state index is 0. The SMILES string of the molecule is CN(C)CCOc1cccnc1CN.Cl.Cl.Cl. The van der Waals surface area contributed by atoms with Crippen LogP contribution in [0.5, 0.6) is 5.75 Å². The van der Waals surface area contributed by atoms with Gasteiger partial charge in [-0.2, -0.15) is 0 Å². The number of halogens is 3. The van der Waals surface area contributed by atoms with Crippen molar-refractivity contribution in [2.24, 2.45) is 5.73 Å². The Bertz CT molecular complexity index is 287. The van der Waals surface area contributed by atoms with Gasteiger partial charge in [-0.25, -0.2) is 0 Å². The van der Waals surface area contributed by atoms with Crippen molar-refractivity contribution in [3.05, 3.63) is 24.0 Å². The van der Waals surface area contributed by atoms with Crippen molar-refractivity contribution >= 4 is 37.2 Å². The average molecular weight is 305 g/mol. The number of likely N-dealkylation sites (N-methyl/N-ethyl adjacent to an activating group) is 1. The van der Waals surface area contributed by atoms with Crippen molar-refractivity contribution in [2.45, 2.75) is 6.54 Å². The van der Waals surface area contributed by atoms with Crippen LogP contribution in [0.2, 0.25) is 0 Å². The number of hydrogen-bond donors (Lipinski definition) is 1. The van der Waals surface area contributed by atoms with Crippen LogP contribution in [-0.4, -0.2) is 37.1 Å². The van der Waals surface area contributed by atoms with Crippen LogP contribution in [0.25, 0.3) is 0 Å². The fraction of sp³-hybridized carbons (Fsp3) is 0.500. The third-order valence-electron chi connectivity index (χ3n) is 1.84. The lowest BCUT2D eigenvalue weighted by Crippen LogP contribution is -2.20. The number of nitrogens with two attached hydrogens (primary N) is 1. The zero-order valence-electron chi connectivity index (χ0n) is 9.96. The zero-order chi connectivity index (χ0) is 10.4. The van der Waals surface area contributed by atoms with E-state index < -0.39 is 0 Å². The Morgan fingerprint density at radius 1 is 1.29 bits per heavy atom. The van der Waals surface area contributed by atoms with E-state index in [1.165, 1.54) is 0 Å². The maximum Gasteiger partial charge on any atom is 0.142 e. The summed E-state index contributed by atoms with van der Waals surface area (Å²) in [6.45, 7) is 1.96. The van der Waals surface area contributed by atoms with Gasteiger partial charge in [0.05, 0.1) is 5.69 Å². The molecule has 1 heterocycles. The second kappa shape index (κ2) is 12.2. The van der Waals surface area contributed by atoms with Gasteiger partial charge >= 0.3 is 0 Å². The first kappa shape index (κ1) is 22.0. The summed E-state index contributed by atoms with van der Waals surface area (Å²) in [6.07, 6.45) is 1.72. The molecule has 0 radical (unpaired) electrons. The Morgan fingerprint density at radius 3 is 2.47 bits per heavy atom. The third-order valence-corrected chi connectivity index (χ3v) is 1.84. The van der Waals surface area contributed by atoms with E-state index in [2.05, 4.69) is 9.88 Å². The van der Waals surface area contributed by atoms with E-state index in [4.69, 9.17) is 10.5 Å². The average Bonchev–Trinajstić information content (AvgIpc) is 2.18. The first-order chi connectivity index (χ1) is 6.74. The van der Waals surface area contributed by atoms with Crippen molar-refractivity contribution in [1.29, 1.82) is 0 Å². The maximum atomic E-state index is 5.55. The molecule has 0 aliphatic rings. The van der Waals surface area contributed by atoms with Crippen LogP contribution < -0.4 is 10.5 Å². The summed E-state index contributed by atoms with van der Waals surface area (Å²) < 4.78 is 5.55. The van der Waals surface area contributed by atoms with Crippen LogP contribution >= 0.6 is 37.2 Å². The van der Waals surface area contributed by atoms with E-state index in [-0.39, 0.29) is 37.2 Å². The van der Waals surface area contributed by atoms with E-state index in [0.717, 1.165) is 18.0 Å². The highest BCUT2D eigenvalue weighted by molar-refractivity contribution is 5.86. The van der Waals surface area contributed by atoms with Gasteiger partial charge in [0.2, 0.25) is 0 Å². The number of hydrogen-bond acceptors (Lipinski definition) is 4. The summed E-state index contributed by atoms with van der Waals surface area (Å²) >= 11 is 0. The molecule has 4 nitrogen and oxygen atoms in total. The van der Waals surface area contributed by atoms with Crippen molar-refractivity contribution < 1.29 is 4.74 Å². The van der Waals surface area contributed by atoms with Crippen LogP contribution in [0.1, 0.15) is 5.69 Å². The molecule has 7 heteroatoms. The topological polar surface area (TPSA) is 51.4 Å². The number of ether oxygens (including phenoxy) is 1. The Hall–Kier alpha value is -0.260. The van der Waals surface area contributed by atoms with Crippen LogP contribution in [0, 0.1) is 0 Å². The normalized spacial score (nSPS) is 8.71. The van der Waals surface area contributed by atoms with Gasteiger partial charge in [-0.05, 0) is 26.2 Å². The van der Waals surface area contributed by atoms with Crippen LogP contribution in [0.3, 0.4) is 0 Å². The molecule has 0 saturated heterocycles. The first-order valence-corrected chi connectivity index (χ1v) is 4.65. The lowest BCUT2D eigenvalue weighted by Gasteiger charge is -2.12. The van der Waals surface area contributed by atoms with Gasteiger partial charge in [0.15, 0.2) is 0 Å². The summed E-state index contributed by atoms with van der Waals surface area (Å²) in [5, 5.41) is 0. The number of pyridine rings is 1. The fourth-order valence-corrected chi connectivity index (χ4v) is 1.05. The van der Waals surface area contributed by atoms with Crippen LogP contribution in [0.4, 0.5) is 0 Å². The van der Waals surface area contributed by atoms with E-state index in [1.54, 1.807) is 6.20 Å². The molecule has 0 unspecified atom stereocenters. The Morgan fingerprint density at radius 2 is 1.94 bits per heavy atom. The van der Waals surface area contributed by atoms with E-state index in [9.17, 15) is 0 Å². The second-order valence-electron chi connectivity index (χ2n) is 3.30. The molecular weight excluding hydrogens is 284 g/mol. The molecule has 2 N–H and O–H groups in total. The van der Waals surface area contributed by atoms with Gasteiger partial charge in [0.1, 0.15) is 12.4 Å². The minimum Gasteiger partial charge on any atom is -0.490 e. The molecule has 0 saturated carbocycles. The highest BCUT2D eigenvalue weighted by atomic mass is 35.5. The van der Waals surface area contributed by atoms with Gasteiger partial charge in [0, 0.05) is 19.3 Å². The summed E-state index contributed by atoms with van der Waals surface area (Å²) in [6, 6.07) is 3.75. The third kappa shape index (κ3) is 8.46. The molecule has 0 aliphatic carbocycles. The quantitative estimate of drug-likeness (QED) is 0.900. The summed E-state index contributed by atoms with van der Waals surface area (Å²) in [7, 11) is 4.02. The lowest BCUT2D eigenvalue weighted by atomic mass is 10.3. The molecule has 102 valence electrons. The van der Waals surface area contributed by atoms with Gasteiger partial charge in [-0.15, -0.1) is 37.2 Å². The number of rotatable bonds is 5. The van der Waals surface area contributed by atoms with E-state index in [1.807, 2.05) is 26.2 Å². The Labute approximate surface area is 121 Å². The van der Waals surface area contributed by atoms with Crippen molar-refractivity contribution in [1.82, 2.24) is 9.88 Å². The largest absolute Gasteiger partial charge is 0.490 e. The lowest BCUT2D eigenvalue weighted by molar-refractivity contribution is 0.258. The Balaban J connectivity index is -0.000000653. The number of aromatic nitrogens is 1. The fourth-order valence-electron chi connectivity index (χ4n) is 1.05. The standard InChI is InChI=1S/C10H17N3O.3ClH/c1-13(2)6-7-14-10-4-3-5-12-9(10)8-11;;;/h3-5H,6-8,11H2,1-2H3;3*1H. The first-order valence-electron chi connectivity index (χ1n) is 4.65. The van der Waals surface area contributed by atoms with Crippen molar-refractivity contribution in [2.75, 3.05) is 27.2 Å². The molecule has 0 aliphatic heterocycles. The molecule has 0 fully saturated rings. The molecule has 1 aromatic rings.